The number of nitrogens with zero attached hydrogens (tertiary/aromatic N) is 1. The fourth-order valence-electron chi connectivity index (χ4n) is 3.02. The minimum absolute atomic E-state index is 0.0224. The van der Waals surface area contributed by atoms with Gasteiger partial charge in [0, 0.05) is 5.38 Å². The highest BCUT2D eigenvalue weighted by atomic mass is 32.1. The van der Waals surface area contributed by atoms with Crippen molar-refractivity contribution in [3.05, 3.63) is 45.9 Å². The Bertz CT molecular complexity index is 781. The summed E-state index contributed by atoms with van der Waals surface area (Å²) in [6.45, 7) is 2.38. The number of hydrogen-bond acceptors (Lipinski definition) is 5. The van der Waals surface area contributed by atoms with Crippen LogP contribution in [0, 0.1) is 6.92 Å². The third-order valence-corrected chi connectivity index (χ3v) is 5.40. The van der Waals surface area contributed by atoms with Crippen LogP contribution in [-0.2, 0) is 22.6 Å². The zero-order valence-corrected chi connectivity index (χ0v) is 15.5. The van der Waals surface area contributed by atoms with Gasteiger partial charge in [0.25, 0.3) is 0 Å². The first-order valence-electron chi connectivity index (χ1n) is 8.60. The number of amides is 1. The Kier molecular flexibility index (Phi) is 5.56. The van der Waals surface area contributed by atoms with Crippen LogP contribution in [0.15, 0.2) is 29.6 Å². The summed E-state index contributed by atoms with van der Waals surface area (Å²) in [5.74, 6) is -0.276. The van der Waals surface area contributed by atoms with E-state index >= 15 is 0 Å². The Hall–Kier alpha value is -2.41. The molecule has 2 N–H and O–H groups in total. The third kappa shape index (κ3) is 4.82. The number of carbonyl (C=O) groups is 2. The Labute approximate surface area is 156 Å². The normalized spacial score (nSPS) is 15.1. The highest BCUT2D eigenvalue weighted by molar-refractivity contribution is 7.09. The van der Waals surface area contributed by atoms with E-state index in [2.05, 4.69) is 10.3 Å². The molecule has 26 heavy (non-hydrogen) atoms. The largest absolute Gasteiger partial charge is 0.486 e. The molecule has 1 heterocycles. The van der Waals surface area contributed by atoms with Gasteiger partial charge in [-0.1, -0.05) is 17.7 Å². The van der Waals surface area contributed by atoms with Gasteiger partial charge < -0.3 is 15.2 Å². The molecule has 0 bridgehead atoms. The number of carboxylic acid groups (broad SMARTS) is 1. The number of rotatable bonds is 8. The highest BCUT2D eigenvalue weighted by Gasteiger charge is 2.40. The Morgan fingerprint density at radius 3 is 2.65 bits per heavy atom. The van der Waals surface area contributed by atoms with Crippen molar-refractivity contribution < 1.29 is 19.4 Å². The predicted octanol–water partition coefficient (Wildman–Crippen LogP) is 3.09. The van der Waals surface area contributed by atoms with Crippen molar-refractivity contribution in [2.75, 3.05) is 0 Å². The second kappa shape index (κ2) is 7.86. The summed E-state index contributed by atoms with van der Waals surface area (Å²) in [6, 6.07) is 7.80. The van der Waals surface area contributed by atoms with Gasteiger partial charge in [-0.05, 0) is 38.3 Å². The molecular weight excluding hydrogens is 352 g/mol. The smallest absolute Gasteiger partial charge is 0.305 e. The summed E-state index contributed by atoms with van der Waals surface area (Å²) in [6.07, 6.45) is 2.52. The van der Waals surface area contributed by atoms with Crippen molar-refractivity contribution >= 4 is 23.2 Å². The molecule has 2 aromatic rings. The van der Waals surface area contributed by atoms with E-state index in [1.54, 1.807) is 0 Å². The van der Waals surface area contributed by atoms with Gasteiger partial charge in [-0.15, -0.1) is 11.3 Å². The summed E-state index contributed by atoms with van der Waals surface area (Å²) < 4.78 is 5.70. The summed E-state index contributed by atoms with van der Waals surface area (Å²) in [5.41, 5.74) is 1.28. The molecule has 0 saturated heterocycles. The zero-order chi connectivity index (χ0) is 18.6. The molecule has 1 amide bonds. The van der Waals surface area contributed by atoms with Crippen LogP contribution in [0.5, 0.6) is 5.75 Å². The number of carboxylic acids is 1. The van der Waals surface area contributed by atoms with Crippen LogP contribution in [0.1, 0.15) is 41.9 Å². The van der Waals surface area contributed by atoms with Crippen LogP contribution in [0.2, 0.25) is 0 Å². The number of aliphatic carboxylic acids is 1. The van der Waals surface area contributed by atoms with E-state index in [0.29, 0.717) is 12.3 Å². The lowest BCUT2D eigenvalue weighted by atomic mass is 9.74. The van der Waals surface area contributed by atoms with Crippen molar-refractivity contribution in [1.29, 1.82) is 0 Å². The summed E-state index contributed by atoms with van der Waals surface area (Å²) in [5, 5.41) is 14.6. The predicted molar refractivity (Wildman–Crippen MR) is 98.3 cm³/mol. The molecule has 1 aliphatic rings. The fourth-order valence-corrected chi connectivity index (χ4v) is 3.72. The first-order chi connectivity index (χ1) is 12.4. The Balaban J connectivity index is 1.50. The number of nitrogens with one attached hydrogen (secondary N) is 1. The monoisotopic (exact) mass is 374 g/mol. The van der Waals surface area contributed by atoms with E-state index in [9.17, 15) is 9.59 Å². The molecule has 3 rings (SSSR count). The fraction of sp³-hybridized carbons (Fsp3) is 0.421. The zero-order valence-electron chi connectivity index (χ0n) is 14.7. The minimum atomic E-state index is -0.880. The van der Waals surface area contributed by atoms with Gasteiger partial charge in [0.15, 0.2) is 0 Å². The van der Waals surface area contributed by atoms with Crippen LogP contribution in [0.3, 0.4) is 0 Å². The number of aryl methyl sites for hydroxylation is 1. The average molecular weight is 374 g/mol. The lowest BCUT2D eigenvalue weighted by Crippen LogP contribution is -2.55. The van der Waals surface area contributed by atoms with Crippen molar-refractivity contribution in [1.82, 2.24) is 10.3 Å². The quantitative estimate of drug-likeness (QED) is 0.741. The van der Waals surface area contributed by atoms with Gasteiger partial charge >= 0.3 is 5.97 Å². The van der Waals surface area contributed by atoms with Gasteiger partial charge in [0.2, 0.25) is 5.91 Å². The summed E-state index contributed by atoms with van der Waals surface area (Å²) in [4.78, 5) is 27.7. The molecule has 0 aliphatic heterocycles. The summed E-state index contributed by atoms with van der Waals surface area (Å²) in [7, 11) is 0. The number of benzene rings is 1. The lowest BCUT2D eigenvalue weighted by Gasteiger charge is -2.41. The number of aromatic nitrogens is 1. The molecule has 1 aliphatic carbocycles. The van der Waals surface area contributed by atoms with Gasteiger partial charge in [0.05, 0.1) is 24.1 Å². The van der Waals surface area contributed by atoms with E-state index in [4.69, 9.17) is 9.84 Å². The molecule has 1 fully saturated rings. The average Bonchev–Trinajstić information content (AvgIpc) is 2.99. The van der Waals surface area contributed by atoms with Crippen LogP contribution in [0.4, 0.5) is 0 Å². The van der Waals surface area contributed by atoms with E-state index in [-0.39, 0.29) is 18.7 Å². The third-order valence-electron chi connectivity index (χ3n) is 4.53. The van der Waals surface area contributed by atoms with Gasteiger partial charge in [-0.3, -0.25) is 9.59 Å². The van der Waals surface area contributed by atoms with E-state index < -0.39 is 11.5 Å². The van der Waals surface area contributed by atoms with Crippen LogP contribution in [-0.4, -0.2) is 27.5 Å². The molecule has 7 heteroatoms. The number of thiazole rings is 1. The maximum atomic E-state index is 12.3. The van der Waals surface area contributed by atoms with E-state index in [1.165, 1.54) is 16.9 Å². The minimum Gasteiger partial charge on any atom is -0.486 e. The number of ether oxygens (including phenoxy) is 1. The first kappa shape index (κ1) is 18.4. The highest BCUT2D eigenvalue weighted by Crippen LogP contribution is 2.35. The molecule has 1 aromatic heterocycles. The first-order valence-corrected chi connectivity index (χ1v) is 9.48. The lowest BCUT2D eigenvalue weighted by molar-refractivity contribution is -0.140. The maximum absolute atomic E-state index is 12.3. The van der Waals surface area contributed by atoms with Crippen LogP contribution >= 0.6 is 11.3 Å². The number of carbonyl (C=O) groups excluding carboxylic acids is 1. The van der Waals surface area contributed by atoms with Crippen molar-refractivity contribution in [3.63, 3.8) is 0 Å². The van der Waals surface area contributed by atoms with Crippen LogP contribution in [0.25, 0.3) is 0 Å². The standard InChI is InChI=1S/C19H22N2O4S/c1-13-3-5-15(6-4-13)25-11-17-20-14(12-26-17)9-16(22)21-19(7-2-8-19)10-18(23)24/h3-6,12H,2,7-11H2,1H3,(H,21,22)(H,23,24). The molecule has 1 saturated carbocycles. The number of hydrogen-bond donors (Lipinski definition) is 2. The summed E-state index contributed by atoms with van der Waals surface area (Å²) >= 11 is 1.45. The second-order valence-electron chi connectivity index (χ2n) is 6.76. The van der Waals surface area contributed by atoms with Crippen molar-refractivity contribution in [3.8, 4) is 5.75 Å². The molecule has 0 spiro atoms. The molecule has 0 radical (unpaired) electrons. The van der Waals surface area contributed by atoms with Gasteiger partial charge in [-0.2, -0.15) is 0 Å². The van der Waals surface area contributed by atoms with E-state index in [1.807, 2.05) is 36.6 Å². The Morgan fingerprint density at radius 1 is 1.31 bits per heavy atom. The van der Waals surface area contributed by atoms with Crippen LogP contribution < -0.4 is 10.1 Å². The Morgan fingerprint density at radius 2 is 2.04 bits per heavy atom. The molecular formula is C19H22N2O4S. The molecule has 6 nitrogen and oxygen atoms in total. The van der Waals surface area contributed by atoms with E-state index in [0.717, 1.165) is 30.0 Å². The van der Waals surface area contributed by atoms with Gasteiger partial charge in [0.1, 0.15) is 17.4 Å². The van der Waals surface area contributed by atoms with Gasteiger partial charge in [-0.25, -0.2) is 4.98 Å². The molecule has 1 aromatic carbocycles. The van der Waals surface area contributed by atoms with Crippen molar-refractivity contribution in [2.45, 2.75) is 51.2 Å². The molecule has 0 atom stereocenters. The molecule has 138 valence electrons. The maximum Gasteiger partial charge on any atom is 0.305 e. The second-order valence-corrected chi connectivity index (χ2v) is 7.71. The topological polar surface area (TPSA) is 88.5 Å². The SMILES string of the molecule is Cc1ccc(OCc2nc(CC(=O)NC3(CC(=O)O)CCC3)cs2)cc1. The van der Waals surface area contributed by atoms with Crippen molar-refractivity contribution in [2.24, 2.45) is 0 Å². The molecule has 0 unspecified atom stereocenters.